The second kappa shape index (κ2) is 5.80. The molecule has 0 unspecified atom stereocenters. The fourth-order valence-corrected chi connectivity index (χ4v) is 1.10. The number of carbonyl (C=O) groups is 2. The van der Waals surface area contributed by atoms with Gasteiger partial charge in [0.25, 0.3) is 0 Å². The van der Waals surface area contributed by atoms with Gasteiger partial charge in [-0.3, -0.25) is 4.79 Å². The SMILES string of the molecule is CCOC(=O)C=Cc1ccc(C=O)c(F)c1. The fourth-order valence-electron chi connectivity index (χ4n) is 1.10. The predicted octanol–water partition coefficient (Wildman–Crippen LogP) is 2.21. The van der Waals surface area contributed by atoms with Gasteiger partial charge in [0.15, 0.2) is 6.29 Å². The molecule has 0 amide bonds. The number of aldehydes is 1. The van der Waals surface area contributed by atoms with Crippen LogP contribution in [0.4, 0.5) is 4.39 Å². The first kappa shape index (κ1) is 12.1. The highest BCUT2D eigenvalue weighted by atomic mass is 19.1. The van der Waals surface area contributed by atoms with E-state index in [0.717, 1.165) is 0 Å². The fraction of sp³-hybridized carbons (Fsp3) is 0.167. The highest BCUT2D eigenvalue weighted by Crippen LogP contribution is 2.10. The van der Waals surface area contributed by atoms with E-state index in [1.165, 1.54) is 24.3 Å². The summed E-state index contributed by atoms with van der Waals surface area (Å²) in [7, 11) is 0. The van der Waals surface area contributed by atoms with Crippen LogP contribution in [0.5, 0.6) is 0 Å². The summed E-state index contributed by atoms with van der Waals surface area (Å²) in [5.41, 5.74) is 0.490. The Morgan fingerprint density at radius 1 is 1.50 bits per heavy atom. The van der Waals surface area contributed by atoms with Crippen LogP contribution in [0.25, 0.3) is 6.08 Å². The highest BCUT2D eigenvalue weighted by Gasteiger charge is 2.01. The molecule has 4 heteroatoms. The van der Waals surface area contributed by atoms with Gasteiger partial charge in [-0.15, -0.1) is 0 Å². The minimum Gasteiger partial charge on any atom is -0.463 e. The zero-order valence-corrected chi connectivity index (χ0v) is 8.77. The number of hydrogen-bond acceptors (Lipinski definition) is 3. The molecule has 0 heterocycles. The third-order valence-electron chi connectivity index (χ3n) is 1.85. The van der Waals surface area contributed by atoms with Gasteiger partial charge in [-0.05, 0) is 30.7 Å². The zero-order chi connectivity index (χ0) is 12.0. The van der Waals surface area contributed by atoms with Gasteiger partial charge < -0.3 is 4.74 Å². The Morgan fingerprint density at radius 3 is 2.81 bits per heavy atom. The highest BCUT2D eigenvalue weighted by molar-refractivity contribution is 5.87. The molecule has 0 saturated heterocycles. The van der Waals surface area contributed by atoms with Crippen molar-refractivity contribution >= 4 is 18.3 Å². The van der Waals surface area contributed by atoms with Crippen LogP contribution in [0.2, 0.25) is 0 Å². The third-order valence-corrected chi connectivity index (χ3v) is 1.85. The first-order valence-corrected chi connectivity index (χ1v) is 4.77. The lowest BCUT2D eigenvalue weighted by Crippen LogP contribution is -1.98. The maximum absolute atomic E-state index is 13.1. The summed E-state index contributed by atoms with van der Waals surface area (Å²) in [6.07, 6.45) is 3.07. The van der Waals surface area contributed by atoms with Crippen molar-refractivity contribution in [2.24, 2.45) is 0 Å². The molecule has 0 spiro atoms. The van der Waals surface area contributed by atoms with E-state index in [1.807, 2.05) is 0 Å². The quantitative estimate of drug-likeness (QED) is 0.445. The second-order valence-electron chi connectivity index (χ2n) is 2.98. The molecular formula is C12H11FO3. The number of ether oxygens (including phenoxy) is 1. The Hall–Kier alpha value is -1.97. The summed E-state index contributed by atoms with van der Waals surface area (Å²) in [6.45, 7) is 1.99. The number of carbonyl (C=O) groups excluding carboxylic acids is 2. The number of halogens is 1. The van der Waals surface area contributed by atoms with E-state index >= 15 is 0 Å². The Balaban J connectivity index is 2.78. The van der Waals surface area contributed by atoms with E-state index < -0.39 is 11.8 Å². The average Bonchev–Trinajstić information content (AvgIpc) is 2.27. The van der Waals surface area contributed by atoms with Crippen LogP contribution in [0.1, 0.15) is 22.8 Å². The molecule has 0 radical (unpaired) electrons. The molecule has 0 N–H and O–H groups in total. The maximum Gasteiger partial charge on any atom is 0.330 e. The summed E-state index contributed by atoms with van der Waals surface area (Å²) in [6, 6.07) is 4.08. The Bertz CT molecular complexity index is 424. The summed E-state index contributed by atoms with van der Waals surface area (Å²) < 4.78 is 17.8. The van der Waals surface area contributed by atoms with Crippen LogP contribution in [-0.2, 0) is 9.53 Å². The van der Waals surface area contributed by atoms with Gasteiger partial charge >= 0.3 is 5.97 Å². The number of esters is 1. The average molecular weight is 222 g/mol. The molecule has 0 atom stereocenters. The van der Waals surface area contributed by atoms with E-state index in [-0.39, 0.29) is 5.56 Å². The van der Waals surface area contributed by atoms with Gasteiger partial charge in [0, 0.05) is 6.08 Å². The number of benzene rings is 1. The topological polar surface area (TPSA) is 43.4 Å². The largest absolute Gasteiger partial charge is 0.463 e. The van der Waals surface area contributed by atoms with Gasteiger partial charge in [0.05, 0.1) is 12.2 Å². The van der Waals surface area contributed by atoms with Gasteiger partial charge in [0.2, 0.25) is 0 Å². The van der Waals surface area contributed by atoms with E-state index in [4.69, 9.17) is 0 Å². The van der Waals surface area contributed by atoms with Gasteiger partial charge in [-0.2, -0.15) is 0 Å². The summed E-state index contributed by atoms with van der Waals surface area (Å²) in [5.74, 6) is -1.09. The van der Waals surface area contributed by atoms with E-state index in [2.05, 4.69) is 4.74 Å². The standard InChI is InChI=1S/C12H11FO3/c1-2-16-12(15)6-4-9-3-5-10(8-14)11(13)7-9/h3-8H,2H2,1H3. The molecule has 0 aliphatic heterocycles. The summed E-state index contributed by atoms with van der Waals surface area (Å²) in [5, 5.41) is 0. The molecule has 1 rings (SSSR count). The Labute approximate surface area is 92.5 Å². The smallest absolute Gasteiger partial charge is 0.330 e. The van der Waals surface area contributed by atoms with Crippen molar-refractivity contribution in [2.45, 2.75) is 6.92 Å². The lowest BCUT2D eigenvalue weighted by atomic mass is 10.1. The van der Waals surface area contributed by atoms with Crippen molar-refractivity contribution < 1.29 is 18.7 Å². The predicted molar refractivity (Wildman–Crippen MR) is 57.5 cm³/mol. The number of hydrogen-bond donors (Lipinski definition) is 0. The van der Waals surface area contributed by atoms with Crippen molar-refractivity contribution in [3.63, 3.8) is 0 Å². The van der Waals surface area contributed by atoms with Crippen molar-refractivity contribution in [1.29, 1.82) is 0 Å². The van der Waals surface area contributed by atoms with Crippen LogP contribution in [-0.4, -0.2) is 18.9 Å². The summed E-state index contributed by atoms with van der Waals surface area (Å²) >= 11 is 0. The zero-order valence-electron chi connectivity index (χ0n) is 8.77. The lowest BCUT2D eigenvalue weighted by molar-refractivity contribution is -0.137. The molecule has 1 aromatic carbocycles. The van der Waals surface area contributed by atoms with Crippen LogP contribution in [0.15, 0.2) is 24.3 Å². The van der Waals surface area contributed by atoms with Crippen LogP contribution in [0, 0.1) is 5.82 Å². The van der Waals surface area contributed by atoms with E-state index in [0.29, 0.717) is 18.5 Å². The molecule has 0 aliphatic rings. The van der Waals surface area contributed by atoms with Crippen molar-refractivity contribution in [3.8, 4) is 0 Å². The molecule has 16 heavy (non-hydrogen) atoms. The van der Waals surface area contributed by atoms with Crippen molar-refractivity contribution in [2.75, 3.05) is 6.61 Å². The molecule has 3 nitrogen and oxygen atoms in total. The van der Waals surface area contributed by atoms with Gasteiger partial charge in [0.1, 0.15) is 5.82 Å². The van der Waals surface area contributed by atoms with Crippen molar-refractivity contribution in [1.82, 2.24) is 0 Å². The second-order valence-corrected chi connectivity index (χ2v) is 2.98. The number of rotatable bonds is 4. The molecule has 0 aliphatic carbocycles. The maximum atomic E-state index is 13.1. The van der Waals surface area contributed by atoms with Crippen LogP contribution in [0.3, 0.4) is 0 Å². The van der Waals surface area contributed by atoms with Gasteiger partial charge in [-0.25, -0.2) is 9.18 Å². The molecule has 0 saturated carbocycles. The van der Waals surface area contributed by atoms with Crippen LogP contribution >= 0.6 is 0 Å². The first-order chi connectivity index (χ1) is 7.67. The third kappa shape index (κ3) is 3.31. The molecular weight excluding hydrogens is 211 g/mol. The van der Waals surface area contributed by atoms with Crippen molar-refractivity contribution in [3.05, 3.63) is 41.2 Å². The molecule has 0 fully saturated rings. The van der Waals surface area contributed by atoms with Gasteiger partial charge in [-0.1, -0.05) is 6.07 Å². The molecule has 1 aromatic rings. The Kier molecular flexibility index (Phi) is 4.39. The van der Waals surface area contributed by atoms with E-state index in [1.54, 1.807) is 13.0 Å². The molecule has 0 aromatic heterocycles. The molecule has 0 bridgehead atoms. The minimum absolute atomic E-state index is 0.00622. The van der Waals surface area contributed by atoms with Crippen LogP contribution < -0.4 is 0 Å². The Morgan fingerprint density at radius 2 is 2.25 bits per heavy atom. The minimum atomic E-state index is -0.610. The summed E-state index contributed by atoms with van der Waals surface area (Å²) in [4.78, 5) is 21.3. The lowest BCUT2D eigenvalue weighted by Gasteiger charge is -1.97. The first-order valence-electron chi connectivity index (χ1n) is 4.77. The molecule has 84 valence electrons. The van der Waals surface area contributed by atoms with E-state index in [9.17, 15) is 14.0 Å². The normalized spacial score (nSPS) is 10.4. The monoisotopic (exact) mass is 222 g/mol.